The van der Waals surface area contributed by atoms with Gasteiger partial charge in [0.25, 0.3) is 10.0 Å². The Hall–Kier alpha value is -3.19. The van der Waals surface area contributed by atoms with Gasteiger partial charge in [-0.2, -0.15) is 13.5 Å². The molecule has 0 atom stereocenters. The van der Waals surface area contributed by atoms with Gasteiger partial charge in [-0.25, -0.2) is 9.63 Å². The lowest BCUT2D eigenvalue weighted by Gasteiger charge is -2.09. The number of carbonyl (C=O) groups is 1. The van der Waals surface area contributed by atoms with E-state index in [9.17, 15) is 13.2 Å². The molecule has 0 aliphatic heterocycles. The van der Waals surface area contributed by atoms with Crippen molar-refractivity contribution in [2.24, 2.45) is 5.10 Å². The molecule has 1 aliphatic carbocycles. The van der Waals surface area contributed by atoms with Gasteiger partial charge in [0, 0.05) is 11.6 Å². The first-order chi connectivity index (χ1) is 14.4. The van der Waals surface area contributed by atoms with Crippen molar-refractivity contribution in [2.75, 3.05) is 7.11 Å². The lowest BCUT2D eigenvalue weighted by molar-refractivity contribution is -0.134. The van der Waals surface area contributed by atoms with Crippen molar-refractivity contribution in [3.05, 3.63) is 82.9 Å². The van der Waals surface area contributed by atoms with Crippen LogP contribution < -0.4 is 4.83 Å². The molecular weight excluding hydrogens is 400 g/mol. The van der Waals surface area contributed by atoms with E-state index in [4.69, 9.17) is 0 Å². The van der Waals surface area contributed by atoms with Crippen LogP contribution in [0.2, 0.25) is 0 Å². The molecule has 0 aromatic heterocycles. The second kappa shape index (κ2) is 9.54. The van der Waals surface area contributed by atoms with Gasteiger partial charge in [0.2, 0.25) is 0 Å². The molecule has 2 aromatic carbocycles. The number of carbonyl (C=O) groups excluding carboxylic acids is 1. The van der Waals surface area contributed by atoms with Crippen molar-refractivity contribution in [1.82, 2.24) is 4.83 Å². The number of esters is 1. The van der Waals surface area contributed by atoms with Crippen LogP contribution >= 0.6 is 0 Å². The number of sulfonamides is 1. The van der Waals surface area contributed by atoms with Crippen LogP contribution in [0.1, 0.15) is 36.0 Å². The summed E-state index contributed by atoms with van der Waals surface area (Å²) in [5, 5.41) is 3.98. The highest BCUT2D eigenvalue weighted by molar-refractivity contribution is 7.89. The first kappa shape index (κ1) is 21.5. The number of hydrogen-bond acceptors (Lipinski definition) is 5. The van der Waals surface area contributed by atoms with E-state index >= 15 is 0 Å². The van der Waals surface area contributed by atoms with Gasteiger partial charge >= 0.3 is 5.97 Å². The number of allylic oxidation sites excluding steroid dienone is 3. The molecule has 0 fully saturated rings. The SMILES string of the molecule is COC(=O)/C=C/C1=C(c2ccccc2/C=N/NS(=O)(=O)c2ccc(C)cc2)CCC1. The molecule has 1 N–H and O–H groups in total. The number of nitrogens with one attached hydrogen (secondary N) is 1. The molecule has 0 heterocycles. The predicted octanol–water partition coefficient (Wildman–Crippen LogP) is 3.97. The summed E-state index contributed by atoms with van der Waals surface area (Å²) in [6.07, 6.45) is 7.46. The fraction of sp³-hybridized carbons (Fsp3) is 0.217. The van der Waals surface area contributed by atoms with Crippen LogP contribution in [0.3, 0.4) is 0 Å². The zero-order chi connectivity index (χ0) is 21.6. The summed E-state index contributed by atoms with van der Waals surface area (Å²) in [7, 11) is -2.39. The Labute approximate surface area is 177 Å². The zero-order valence-electron chi connectivity index (χ0n) is 17.0. The minimum Gasteiger partial charge on any atom is -0.466 e. The minimum atomic E-state index is -3.73. The van der Waals surface area contributed by atoms with Crippen molar-refractivity contribution in [3.8, 4) is 0 Å². The molecule has 2 aromatic rings. The third-order valence-electron chi connectivity index (χ3n) is 4.88. The van der Waals surface area contributed by atoms with Crippen LogP contribution in [0.15, 0.2) is 76.3 Å². The first-order valence-electron chi connectivity index (χ1n) is 9.60. The first-order valence-corrected chi connectivity index (χ1v) is 11.1. The topological polar surface area (TPSA) is 84.8 Å². The number of aryl methyl sites for hydroxylation is 1. The number of benzene rings is 2. The normalized spacial score (nSPS) is 14.6. The van der Waals surface area contributed by atoms with E-state index in [1.54, 1.807) is 30.3 Å². The summed E-state index contributed by atoms with van der Waals surface area (Å²) < 4.78 is 29.5. The molecule has 0 amide bonds. The lowest BCUT2D eigenvalue weighted by Crippen LogP contribution is -2.18. The Bertz CT molecular complexity index is 1110. The molecule has 6 nitrogen and oxygen atoms in total. The van der Waals surface area contributed by atoms with Crippen molar-refractivity contribution in [1.29, 1.82) is 0 Å². The molecule has 0 saturated carbocycles. The van der Waals surface area contributed by atoms with Crippen LogP contribution in [0, 0.1) is 6.92 Å². The Morgan fingerprint density at radius 2 is 1.83 bits per heavy atom. The highest BCUT2D eigenvalue weighted by Crippen LogP contribution is 2.35. The quantitative estimate of drug-likeness (QED) is 0.315. The molecular formula is C23H24N2O4S. The highest BCUT2D eigenvalue weighted by atomic mass is 32.2. The van der Waals surface area contributed by atoms with E-state index in [0.717, 1.165) is 47.1 Å². The number of nitrogens with zero attached hydrogens (tertiary/aromatic N) is 1. The number of ether oxygens (including phenoxy) is 1. The summed E-state index contributed by atoms with van der Waals surface area (Å²) >= 11 is 0. The predicted molar refractivity (Wildman–Crippen MR) is 117 cm³/mol. The van der Waals surface area contributed by atoms with Gasteiger partial charge in [0.15, 0.2) is 0 Å². The van der Waals surface area contributed by atoms with Crippen LogP contribution in [-0.2, 0) is 19.6 Å². The molecule has 7 heteroatoms. The van der Waals surface area contributed by atoms with Crippen LogP contribution in [0.5, 0.6) is 0 Å². The molecule has 0 saturated heterocycles. The molecule has 0 spiro atoms. The summed E-state index contributed by atoms with van der Waals surface area (Å²) in [6, 6.07) is 14.2. The Kier molecular flexibility index (Phi) is 6.84. The maximum absolute atomic E-state index is 12.4. The highest BCUT2D eigenvalue weighted by Gasteiger charge is 2.17. The van der Waals surface area contributed by atoms with Crippen molar-refractivity contribution < 1.29 is 17.9 Å². The second-order valence-electron chi connectivity index (χ2n) is 6.97. The Morgan fingerprint density at radius 1 is 1.10 bits per heavy atom. The van der Waals surface area contributed by atoms with Gasteiger partial charge in [-0.3, -0.25) is 0 Å². The molecule has 0 radical (unpaired) electrons. The van der Waals surface area contributed by atoms with E-state index in [2.05, 4.69) is 14.7 Å². The van der Waals surface area contributed by atoms with E-state index < -0.39 is 16.0 Å². The monoisotopic (exact) mass is 424 g/mol. The Balaban J connectivity index is 1.84. The van der Waals surface area contributed by atoms with Crippen LogP contribution in [0.4, 0.5) is 0 Å². The van der Waals surface area contributed by atoms with E-state index in [0.29, 0.717) is 0 Å². The van der Waals surface area contributed by atoms with Gasteiger partial charge in [-0.1, -0.05) is 48.0 Å². The molecule has 0 bridgehead atoms. The minimum absolute atomic E-state index is 0.160. The third kappa shape index (κ3) is 5.24. The Morgan fingerprint density at radius 3 is 2.57 bits per heavy atom. The summed E-state index contributed by atoms with van der Waals surface area (Å²) in [5.41, 5.74) is 4.94. The van der Waals surface area contributed by atoms with Crippen LogP contribution in [-0.4, -0.2) is 27.7 Å². The maximum atomic E-state index is 12.4. The molecule has 0 unspecified atom stereocenters. The maximum Gasteiger partial charge on any atom is 0.330 e. The molecule has 156 valence electrons. The fourth-order valence-corrected chi connectivity index (χ4v) is 4.11. The third-order valence-corrected chi connectivity index (χ3v) is 6.11. The fourth-order valence-electron chi connectivity index (χ4n) is 3.32. The summed E-state index contributed by atoms with van der Waals surface area (Å²) in [4.78, 5) is 13.9. The number of hydrazone groups is 1. The zero-order valence-corrected chi connectivity index (χ0v) is 17.8. The van der Waals surface area contributed by atoms with E-state index in [-0.39, 0.29) is 4.90 Å². The number of hydrogen-bond donors (Lipinski definition) is 1. The largest absolute Gasteiger partial charge is 0.466 e. The smallest absolute Gasteiger partial charge is 0.330 e. The van der Waals surface area contributed by atoms with Crippen molar-refractivity contribution >= 4 is 27.8 Å². The average Bonchev–Trinajstić information content (AvgIpc) is 3.21. The van der Waals surface area contributed by atoms with Gasteiger partial charge < -0.3 is 4.74 Å². The molecule has 30 heavy (non-hydrogen) atoms. The van der Waals surface area contributed by atoms with Crippen LogP contribution in [0.25, 0.3) is 5.57 Å². The van der Waals surface area contributed by atoms with Crippen molar-refractivity contribution in [3.63, 3.8) is 0 Å². The van der Waals surface area contributed by atoms with Crippen molar-refractivity contribution in [2.45, 2.75) is 31.1 Å². The van der Waals surface area contributed by atoms with E-state index in [1.165, 1.54) is 19.4 Å². The molecule has 3 rings (SSSR count). The average molecular weight is 425 g/mol. The van der Waals surface area contributed by atoms with Gasteiger partial charge in [-0.15, -0.1) is 0 Å². The summed E-state index contributed by atoms with van der Waals surface area (Å²) in [6.45, 7) is 1.89. The second-order valence-corrected chi connectivity index (χ2v) is 8.63. The van der Waals surface area contributed by atoms with Gasteiger partial charge in [0.1, 0.15) is 0 Å². The van der Waals surface area contributed by atoms with Gasteiger partial charge in [0.05, 0.1) is 18.2 Å². The number of methoxy groups -OCH3 is 1. The lowest BCUT2D eigenvalue weighted by atomic mass is 9.97. The summed E-state index contributed by atoms with van der Waals surface area (Å²) in [5.74, 6) is -0.394. The number of rotatable bonds is 7. The van der Waals surface area contributed by atoms with E-state index in [1.807, 2.05) is 31.2 Å². The molecule has 1 aliphatic rings. The standard InChI is InChI=1S/C23H24N2O4S/c1-17-10-13-20(14-11-17)30(27,28)25-24-16-19-6-3-4-8-22(19)21-9-5-7-18(21)12-15-23(26)29-2/h3-4,6,8,10-16,25H,5,7,9H2,1-2H3/b15-12+,24-16+. The van der Waals surface area contributed by atoms with Gasteiger partial charge in [-0.05, 0) is 55.0 Å².